The summed E-state index contributed by atoms with van der Waals surface area (Å²) in [5.41, 5.74) is 1.51. The molecule has 1 unspecified atom stereocenters. The molecule has 0 amide bonds. The topological polar surface area (TPSA) is 35.9 Å². The zero-order valence-electron chi connectivity index (χ0n) is 14.7. The lowest BCUT2D eigenvalue weighted by Crippen LogP contribution is -2.49. The van der Waals surface area contributed by atoms with Crippen molar-refractivity contribution in [3.05, 3.63) is 65.7 Å². The summed E-state index contributed by atoms with van der Waals surface area (Å²) in [5, 5.41) is 10.1. The molecule has 1 aliphatic rings. The Bertz CT molecular complexity index is 688. The van der Waals surface area contributed by atoms with Gasteiger partial charge in [0.05, 0.1) is 19.3 Å². The van der Waals surface area contributed by atoms with E-state index in [0.29, 0.717) is 12.1 Å². The predicted molar refractivity (Wildman–Crippen MR) is 97.1 cm³/mol. The van der Waals surface area contributed by atoms with Gasteiger partial charge in [-0.25, -0.2) is 8.78 Å². The van der Waals surface area contributed by atoms with E-state index < -0.39 is 6.10 Å². The highest BCUT2D eigenvalue weighted by molar-refractivity contribution is 5.46. The van der Waals surface area contributed by atoms with Gasteiger partial charge in [0.1, 0.15) is 11.6 Å². The van der Waals surface area contributed by atoms with Crippen LogP contribution in [0.15, 0.2) is 48.5 Å². The Morgan fingerprint density at radius 3 is 2.35 bits per heavy atom. The van der Waals surface area contributed by atoms with E-state index in [4.69, 9.17) is 4.74 Å². The van der Waals surface area contributed by atoms with Gasteiger partial charge in [0.2, 0.25) is 0 Å². The molecule has 0 aliphatic carbocycles. The molecular formula is C20H24F2N2O2. The van der Waals surface area contributed by atoms with Crippen LogP contribution in [0.3, 0.4) is 0 Å². The van der Waals surface area contributed by atoms with Crippen molar-refractivity contribution in [2.45, 2.75) is 12.7 Å². The fourth-order valence-corrected chi connectivity index (χ4v) is 3.11. The maximum atomic E-state index is 13.5. The van der Waals surface area contributed by atoms with Crippen molar-refractivity contribution in [2.75, 3.05) is 44.2 Å². The maximum absolute atomic E-state index is 13.5. The van der Waals surface area contributed by atoms with Gasteiger partial charge in [-0.05, 0) is 30.3 Å². The highest BCUT2D eigenvalue weighted by atomic mass is 19.1. The number of hydrogen-bond donors (Lipinski definition) is 1. The highest BCUT2D eigenvalue weighted by Crippen LogP contribution is 2.17. The minimum atomic E-state index is -0.612. The zero-order chi connectivity index (χ0) is 18.4. The SMILES string of the molecule is OC(COCc1ccccc1F)CN1CCN(c2ccc(F)cc2)CC1. The Balaban J connectivity index is 1.37. The monoisotopic (exact) mass is 362 g/mol. The molecular weight excluding hydrogens is 338 g/mol. The van der Waals surface area contributed by atoms with E-state index in [1.807, 2.05) is 0 Å². The van der Waals surface area contributed by atoms with E-state index in [1.54, 1.807) is 30.3 Å². The minimum Gasteiger partial charge on any atom is -0.389 e. The van der Waals surface area contributed by atoms with Crippen LogP contribution in [-0.2, 0) is 11.3 Å². The van der Waals surface area contributed by atoms with Gasteiger partial charge in [-0.15, -0.1) is 0 Å². The van der Waals surface area contributed by atoms with Gasteiger partial charge in [-0.3, -0.25) is 4.90 Å². The summed E-state index contributed by atoms with van der Waals surface area (Å²) in [6.45, 7) is 4.15. The summed E-state index contributed by atoms with van der Waals surface area (Å²) in [7, 11) is 0. The highest BCUT2D eigenvalue weighted by Gasteiger charge is 2.19. The van der Waals surface area contributed by atoms with Crippen molar-refractivity contribution in [3.8, 4) is 0 Å². The zero-order valence-corrected chi connectivity index (χ0v) is 14.7. The number of piperazine rings is 1. The smallest absolute Gasteiger partial charge is 0.128 e. The minimum absolute atomic E-state index is 0.155. The van der Waals surface area contributed by atoms with Crippen LogP contribution in [0.4, 0.5) is 14.5 Å². The normalized spacial score (nSPS) is 16.7. The molecule has 0 radical (unpaired) electrons. The predicted octanol–water partition coefficient (Wildman–Crippen LogP) is 2.66. The number of aliphatic hydroxyl groups excluding tert-OH is 1. The molecule has 1 atom stereocenters. The standard InChI is InChI=1S/C20H24F2N2O2/c21-17-5-7-18(8-6-17)24-11-9-23(10-12-24)13-19(25)15-26-14-16-3-1-2-4-20(16)22/h1-8,19,25H,9-15H2. The third-order valence-corrected chi connectivity index (χ3v) is 4.56. The van der Waals surface area contributed by atoms with Crippen LogP contribution in [-0.4, -0.2) is 55.4 Å². The lowest BCUT2D eigenvalue weighted by Gasteiger charge is -2.36. The van der Waals surface area contributed by atoms with Gasteiger partial charge >= 0.3 is 0 Å². The summed E-state index contributed by atoms with van der Waals surface area (Å²) in [6, 6.07) is 13.0. The summed E-state index contributed by atoms with van der Waals surface area (Å²) in [6.07, 6.45) is -0.612. The van der Waals surface area contributed by atoms with Gasteiger partial charge < -0.3 is 14.7 Å². The molecule has 1 fully saturated rings. The lowest BCUT2D eigenvalue weighted by atomic mass is 10.2. The van der Waals surface area contributed by atoms with Crippen molar-refractivity contribution >= 4 is 5.69 Å². The summed E-state index contributed by atoms with van der Waals surface area (Å²) < 4.78 is 32.0. The first-order valence-electron chi connectivity index (χ1n) is 8.84. The van der Waals surface area contributed by atoms with Crippen molar-refractivity contribution in [1.82, 2.24) is 4.90 Å². The van der Waals surface area contributed by atoms with Crippen LogP contribution in [0, 0.1) is 11.6 Å². The molecule has 26 heavy (non-hydrogen) atoms. The molecule has 4 nitrogen and oxygen atoms in total. The van der Waals surface area contributed by atoms with Gasteiger partial charge in [0, 0.05) is 44.0 Å². The molecule has 3 rings (SSSR count). The molecule has 2 aromatic carbocycles. The average Bonchev–Trinajstić information content (AvgIpc) is 2.65. The molecule has 1 aliphatic heterocycles. The number of hydrogen-bond acceptors (Lipinski definition) is 4. The van der Waals surface area contributed by atoms with Crippen molar-refractivity contribution < 1.29 is 18.6 Å². The van der Waals surface area contributed by atoms with Gasteiger partial charge in [0.15, 0.2) is 0 Å². The molecule has 140 valence electrons. The van der Waals surface area contributed by atoms with Crippen LogP contribution < -0.4 is 4.90 Å². The van der Waals surface area contributed by atoms with Crippen LogP contribution in [0.25, 0.3) is 0 Å². The van der Waals surface area contributed by atoms with Crippen LogP contribution >= 0.6 is 0 Å². The Morgan fingerprint density at radius 1 is 0.962 bits per heavy atom. The van der Waals surface area contributed by atoms with Crippen molar-refractivity contribution in [1.29, 1.82) is 0 Å². The number of nitrogens with zero attached hydrogens (tertiary/aromatic N) is 2. The van der Waals surface area contributed by atoms with Crippen molar-refractivity contribution in [2.24, 2.45) is 0 Å². The molecule has 6 heteroatoms. The summed E-state index contributed by atoms with van der Waals surface area (Å²) in [4.78, 5) is 4.38. The van der Waals surface area contributed by atoms with E-state index in [2.05, 4.69) is 9.80 Å². The largest absolute Gasteiger partial charge is 0.389 e. The third-order valence-electron chi connectivity index (χ3n) is 4.56. The first-order valence-corrected chi connectivity index (χ1v) is 8.84. The Hall–Kier alpha value is -2.02. The molecule has 0 aromatic heterocycles. The number of ether oxygens (including phenoxy) is 1. The van der Waals surface area contributed by atoms with Gasteiger partial charge in [0.25, 0.3) is 0 Å². The maximum Gasteiger partial charge on any atom is 0.128 e. The second-order valence-electron chi connectivity index (χ2n) is 6.52. The second kappa shape index (κ2) is 9.07. The third kappa shape index (κ3) is 5.24. The first kappa shape index (κ1) is 18.8. The first-order chi connectivity index (χ1) is 12.6. The quantitative estimate of drug-likeness (QED) is 0.822. The molecule has 2 aromatic rings. The van der Waals surface area contributed by atoms with E-state index in [9.17, 15) is 13.9 Å². The van der Waals surface area contributed by atoms with E-state index in [0.717, 1.165) is 31.9 Å². The number of β-amino-alcohol motifs (C(OH)–C–C–N with tert-alkyl or cyclic N) is 1. The van der Waals surface area contributed by atoms with E-state index in [1.165, 1.54) is 18.2 Å². The molecule has 1 heterocycles. The Morgan fingerprint density at radius 2 is 1.65 bits per heavy atom. The molecule has 0 saturated carbocycles. The number of rotatable bonds is 7. The number of anilines is 1. The lowest BCUT2D eigenvalue weighted by molar-refractivity contribution is 0.00839. The molecule has 0 bridgehead atoms. The van der Waals surface area contributed by atoms with Gasteiger partial charge in [-0.1, -0.05) is 18.2 Å². The fourth-order valence-electron chi connectivity index (χ4n) is 3.11. The summed E-state index contributed by atoms with van der Waals surface area (Å²) in [5.74, 6) is -0.523. The van der Waals surface area contributed by atoms with Crippen LogP contribution in [0.5, 0.6) is 0 Å². The number of benzene rings is 2. The van der Waals surface area contributed by atoms with E-state index in [-0.39, 0.29) is 24.8 Å². The van der Waals surface area contributed by atoms with E-state index >= 15 is 0 Å². The van der Waals surface area contributed by atoms with Gasteiger partial charge in [-0.2, -0.15) is 0 Å². The van der Waals surface area contributed by atoms with Crippen LogP contribution in [0.1, 0.15) is 5.56 Å². The average molecular weight is 362 g/mol. The fraction of sp³-hybridized carbons (Fsp3) is 0.400. The molecule has 1 N–H and O–H groups in total. The molecule has 0 spiro atoms. The number of halogens is 2. The Labute approximate surface area is 152 Å². The van der Waals surface area contributed by atoms with Crippen LogP contribution in [0.2, 0.25) is 0 Å². The number of aliphatic hydroxyl groups is 1. The Kier molecular flexibility index (Phi) is 6.55. The second-order valence-corrected chi connectivity index (χ2v) is 6.52. The van der Waals surface area contributed by atoms with Crippen molar-refractivity contribution in [3.63, 3.8) is 0 Å². The molecule has 1 saturated heterocycles. The summed E-state index contributed by atoms with van der Waals surface area (Å²) >= 11 is 0.